The van der Waals surface area contributed by atoms with Gasteiger partial charge in [-0.15, -0.1) is 0 Å². The highest BCUT2D eigenvalue weighted by Crippen LogP contribution is 2.28. The Balaban J connectivity index is 1.67. The Morgan fingerprint density at radius 1 is 1.00 bits per heavy atom. The fourth-order valence-corrected chi connectivity index (χ4v) is 4.65. The number of hydrogen-bond donors (Lipinski definition) is 2. The molecule has 0 aliphatic rings. The first-order valence-corrected chi connectivity index (χ1v) is 12.9. The van der Waals surface area contributed by atoms with Gasteiger partial charge in [0.1, 0.15) is 12.6 Å². The Labute approximate surface area is 212 Å². The van der Waals surface area contributed by atoms with Crippen molar-refractivity contribution in [3.8, 4) is 11.5 Å². The zero-order valence-electron chi connectivity index (χ0n) is 20.8. The first-order valence-electron chi connectivity index (χ1n) is 11.5. The third-order valence-corrected chi connectivity index (χ3v) is 6.83. The summed E-state index contributed by atoms with van der Waals surface area (Å²) in [6.45, 7) is 5.75. The van der Waals surface area contributed by atoms with Crippen molar-refractivity contribution >= 4 is 22.1 Å². The number of hydrazone groups is 1. The number of aryl methyl sites for hydroxylation is 1. The number of sulfonamides is 1. The van der Waals surface area contributed by atoms with Crippen molar-refractivity contribution in [3.05, 3.63) is 89.5 Å². The summed E-state index contributed by atoms with van der Waals surface area (Å²) in [5.41, 5.74) is 5.05. The third kappa shape index (κ3) is 7.40. The number of hydrogen-bond acceptors (Lipinski definition) is 6. The Morgan fingerprint density at radius 2 is 1.69 bits per heavy atom. The van der Waals surface area contributed by atoms with Crippen LogP contribution in [0.2, 0.25) is 0 Å². The lowest BCUT2D eigenvalue weighted by Gasteiger charge is -2.20. The molecule has 0 aliphatic carbocycles. The van der Waals surface area contributed by atoms with Crippen molar-refractivity contribution in [3.63, 3.8) is 0 Å². The highest BCUT2D eigenvalue weighted by molar-refractivity contribution is 7.89. The van der Waals surface area contributed by atoms with Crippen LogP contribution < -0.4 is 19.6 Å². The van der Waals surface area contributed by atoms with E-state index in [1.165, 1.54) is 18.3 Å². The molecule has 0 radical (unpaired) electrons. The van der Waals surface area contributed by atoms with Crippen LogP contribution in [-0.4, -0.2) is 33.7 Å². The van der Waals surface area contributed by atoms with E-state index < -0.39 is 22.0 Å². The number of methoxy groups -OCH3 is 1. The summed E-state index contributed by atoms with van der Waals surface area (Å²) in [6, 6.07) is 20.4. The molecule has 3 rings (SSSR count). The minimum atomic E-state index is -3.88. The smallest absolute Gasteiger partial charge is 0.258 e. The lowest BCUT2D eigenvalue weighted by molar-refractivity contribution is -0.123. The summed E-state index contributed by atoms with van der Waals surface area (Å²) in [6.07, 6.45) is 1.46. The van der Waals surface area contributed by atoms with Gasteiger partial charge in [-0.05, 0) is 54.3 Å². The van der Waals surface area contributed by atoms with Crippen molar-refractivity contribution < 1.29 is 22.7 Å². The molecule has 9 heteroatoms. The van der Waals surface area contributed by atoms with Gasteiger partial charge < -0.3 is 9.47 Å². The van der Waals surface area contributed by atoms with Crippen LogP contribution in [0.3, 0.4) is 0 Å². The van der Waals surface area contributed by atoms with Crippen LogP contribution in [0.25, 0.3) is 0 Å². The fraction of sp³-hybridized carbons (Fsp3) is 0.259. The van der Waals surface area contributed by atoms with Gasteiger partial charge in [0.05, 0.1) is 18.2 Å². The normalized spacial score (nSPS) is 12.5. The van der Waals surface area contributed by atoms with Crippen LogP contribution in [0.5, 0.6) is 11.5 Å². The molecule has 0 spiro atoms. The molecule has 3 aromatic rings. The Bertz CT molecular complexity index is 1290. The number of carbonyl (C=O) groups is 1. The van der Waals surface area contributed by atoms with Crippen molar-refractivity contribution in [2.75, 3.05) is 7.11 Å². The van der Waals surface area contributed by atoms with Gasteiger partial charge in [-0.3, -0.25) is 4.79 Å². The number of ether oxygens (including phenoxy) is 2. The monoisotopic (exact) mass is 509 g/mol. The fourth-order valence-electron chi connectivity index (χ4n) is 3.31. The maximum Gasteiger partial charge on any atom is 0.258 e. The summed E-state index contributed by atoms with van der Waals surface area (Å²) < 4.78 is 39.3. The zero-order valence-corrected chi connectivity index (χ0v) is 21.6. The maximum absolute atomic E-state index is 12.8. The molecular formula is C27H31N3O5S. The second-order valence-electron chi connectivity index (χ2n) is 8.57. The van der Waals surface area contributed by atoms with Crippen molar-refractivity contribution in [1.82, 2.24) is 10.1 Å². The topological polar surface area (TPSA) is 106 Å². The molecule has 2 N–H and O–H groups in total. The lowest BCUT2D eigenvalue weighted by atomic mass is 10.1. The number of nitrogens with one attached hydrogen (secondary N) is 2. The minimum Gasteiger partial charge on any atom is -0.493 e. The first-order chi connectivity index (χ1) is 17.2. The summed E-state index contributed by atoms with van der Waals surface area (Å²) >= 11 is 0. The van der Waals surface area contributed by atoms with E-state index in [-0.39, 0.29) is 10.8 Å². The molecule has 8 nitrogen and oxygen atoms in total. The second kappa shape index (κ2) is 12.3. The first kappa shape index (κ1) is 26.9. The molecule has 0 aromatic heterocycles. The quantitative estimate of drug-likeness (QED) is 0.300. The number of rotatable bonds is 11. The van der Waals surface area contributed by atoms with Gasteiger partial charge in [-0.25, -0.2) is 13.8 Å². The van der Waals surface area contributed by atoms with Crippen molar-refractivity contribution in [2.45, 2.75) is 38.3 Å². The van der Waals surface area contributed by atoms with Gasteiger partial charge in [0.25, 0.3) is 5.91 Å². The predicted octanol–water partition coefficient (Wildman–Crippen LogP) is 4.04. The highest BCUT2D eigenvalue weighted by atomic mass is 32.2. The van der Waals surface area contributed by atoms with Gasteiger partial charge in [0, 0.05) is 0 Å². The van der Waals surface area contributed by atoms with Crippen LogP contribution in [0.1, 0.15) is 30.5 Å². The Kier molecular flexibility index (Phi) is 9.21. The van der Waals surface area contributed by atoms with E-state index in [0.29, 0.717) is 23.7 Å². The molecule has 0 fully saturated rings. The van der Waals surface area contributed by atoms with Gasteiger partial charge in [-0.2, -0.15) is 9.82 Å². The predicted molar refractivity (Wildman–Crippen MR) is 140 cm³/mol. The second-order valence-corrected chi connectivity index (χ2v) is 10.3. The summed E-state index contributed by atoms with van der Waals surface area (Å²) in [4.78, 5) is 12.9. The van der Waals surface area contributed by atoms with Gasteiger partial charge in [-0.1, -0.05) is 61.9 Å². The highest BCUT2D eigenvalue weighted by Gasteiger charge is 2.28. The van der Waals surface area contributed by atoms with E-state index in [1.807, 2.05) is 37.3 Å². The molecule has 36 heavy (non-hydrogen) atoms. The van der Waals surface area contributed by atoms with Crippen molar-refractivity contribution in [1.29, 1.82) is 0 Å². The molecule has 0 unspecified atom stereocenters. The Morgan fingerprint density at radius 3 is 2.33 bits per heavy atom. The lowest BCUT2D eigenvalue weighted by Crippen LogP contribution is -2.48. The zero-order chi connectivity index (χ0) is 26.1. The van der Waals surface area contributed by atoms with E-state index in [0.717, 1.165) is 11.1 Å². The number of amides is 1. The summed E-state index contributed by atoms with van der Waals surface area (Å²) in [7, 11) is -2.32. The van der Waals surface area contributed by atoms with Crippen molar-refractivity contribution in [2.24, 2.45) is 11.0 Å². The number of nitrogens with zero attached hydrogens (tertiary/aromatic N) is 1. The number of carbonyl (C=O) groups excluding carboxylic acids is 1. The van der Waals surface area contributed by atoms with E-state index >= 15 is 0 Å². The third-order valence-electron chi connectivity index (χ3n) is 5.38. The van der Waals surface area contributed by atoms with Crippen LogP contribution in [0, 0.1) is 12.8 Å². The van der Waals surface area contributed by atoms with Crippen LogP contribution in [-0.2, 0) is 21.4 Å². The van der Waals surface area contributed by atoms with Crippen LogP contribution >= 0.6 is 0 Å². The molecule has 0 saturated carbocycles. The largest absolute Gasteiger partial charge is 0.493 e. The van der Waals surface area contributed by atoms with Gasteiger partial charge in [0.15, 0.2) is 11.5 Å². The number of benzene rings is 3. The van der Waals surface area contributed by atoms with Gasteiger partial charge >= 0.3 is 0 Å². The average Bonchev–Trinajstić information content (AvgIpc) is 2.87. The molecule has 1 atom stereocenters. The SMILES string of the molecule is COc1ccc(/C=N\NC(=O)[C@@H](NS(=O)(=O)c2ccc(C)cc2)C(C)C)cc1OCc1ccccc1. The average molecular weight is 510 g/mol. The molecular weight excluding hydrogens is 478 g/mol. The molecule has 1 amide bonds. The van der Waals surface area contributed by atoms with Crippen LogP contribution in [0.4, 0.5) is 0 Å². The van der Waals surface area contributed by atoms with E-state index in [1.54, 1.807) is 51.3 Å². The molecule has 190 valence electrons. The molecule has 0 saturated heterocycles. The van der Waals surface area contributed by atoms with E-state index in [4.69, 9.17) is 9.47 Å². The standard InChI is InChI=1S/C27H31N3O5S/c1-19(2)26(30-36(32,33)23-13-10-20(3)11-14-23)27(31)29-28-17-22-12-15-24(34-4)25(16-22)35-18-21-8-6-5-7-9-21/h5-17,19,26,30H,18H2,1-4H3,(H,29,31)/b28-17-/t26-/m0/s1. The molecule has 0 bridgehead atoms. The van der Waals surface area contributed by atoms with E-state index in [9.17, 15) is 13.2 Å². The Hall–Kier alpha value is -3.69. The summed E-state index contributed by atoms with van der Waals surface area (Å²) in [5, 5.41) is 4.02. The molecule has 0 aliphatic heterocycles. The molecule has 0 heterocycles. The van der Waals surface area contributed by atoms with E-state index in [2.05, 4.69) is 15.2 Å². The molecule has 3 aromatic carbocycles. The van der Waals surface area contributed by atoms with Crippen LogP contribution in [0.15, 0.2) is 82.8 Å². The maximum atomic E-state index is 12.8. The minimum absolute atomic E-state index is 0.0938. The summed E-state index contributed by atoms with van der Waals surface area (Å²) in [5.74, 6) is 0.227. The van der Waals surface area contributed by atoms with Gasteiger partial charge in [0.2, 0.25) is 10.0 Å².